The highest BCUT2D eigenvalue weighted by molar-refractivity contribution is 5.93. The maximum Gasteiger partial charge on any atom is 0.417 e. The van der Waals surface area contributed by atoms with Crippen molar-refractivity contribution < 1.29 is 17.9 Å². The highest BCUT2D eigenvalue weighted by Gasteiger charge is 2.42. The Morgan fingerprint density at radius 2 is 2.00 bits per heavy atom. The lowest BCUT2D eigenvalue weighted by atomic mass is 9.96. The van der Waals surface area contributed by atoms with Gasteiger partial charge in [0.05, 0.1) is 28.9 Å². The third-order valence-corrected chi connectivity index (χ3v) is 7.45. The number of pyridine rings is 3. The number of hydrogen-bond donors (Lipinski definition) is 0. The normalized spacial score (nSPS) is 20.6. The molecule has 11 heteroatoms. The van der Waals surface area contributed by atoms with E-state index in [-0.39, 0.29) is 41.7 Å². The van der Waals surface area contributed by atoms with Crippen LogP contribution in [0, 0.1) is 11.3 Å². The number of aryl methyl sites for hydroxylation is 1. The Labute approximate surface area is 211 Å². The van der Waals surface area contributed by atoms with Crippen LogP contribution in [0.25, 0.3) is 11.0 Å². The third-order valence-electron chi connectivity index (χ3n) is 7.45. The van der Waals surface area contributed by atoms with Gasteiger partial charge in [0.1, 0.15) is 29.6 Å². The van der Waals surface area contributed by atoms with Gasteiger partial charge in [-0.3, -0.25) is 14.7 Å². The largest absolute Gasteiger partial charge is 0.484 e. The van der Waals surface area contributed by atoms with Gasteiger partial charge >= 0.3 is 6.18 Å². The number of halogens is 3. The molecule has 8 nitrogen and oxygen atoms in total. The van der Waals surface area contributed by atoms with Gasteiger partial charge in [-0.05, 0) is 37.1 Å². The fourth-order valence-corrected chi connectivity index (χ4v) is 5.52. The number of ether oxygens (including phenoxy) is 1. The van der Waals surface area contributed by atoms with E-state index in [1.54, 1.807) is 19.2 Å². The molecular formula is C26H27F3N6O2. The molecule has 37 heavy (non-hydrogen) atoms. The van der Waals surface area contributed by atoms with Crippen LogP contribution in [0.3, 0.4) is 0 Å². The van der Waals surface area contributed by atoms with E-state index in [4.69, 9.17) is 4.74 Å². The predicted molar refractivity (Wildman–Crippen MR) is 131 cm³/mol. The smallest absolute Gasteiger partial charge is 0.417 e. The first-order chi connectivity index (χ1) is 17.7. The van der Waals surface area contributed by atoms with Crippen molar-refractivity contribution in [1.82, 2.24) is 19.4 Å². The molecular weight excluding hydrogens is 485 g/mol. The van der Waals surface area contributed by atoms with Crippen molar-refractivity contribution in [2.24, 2.45) is 7.05 Å². The minimum atomic E-state index is -4.43. The Hall–Kier alpha value is -3.65. The van der Waals surface area contributed by atoms with Gasteiger partial charge in [-0.2, -0.15) is 18.4 Å². The summed E-state index contributed by atoms with van der Waals surface area (Å²) in [6.07, 6.45) is -2.07. The average Bonchev–Trinajstić information content (AvgIpc) is 2.90. The molecule has 0 amide bonds. The Balaban J connectivity index is 1.53. The monoisotopic (exact) mass is 512 g/mol. The number of nitriles is 1. The summed E-state index contributed by atoms with van der Waals surface area (Å²) in [7, 11) is 1.66. The van der Waals surface area contributed by atoms with Crippen molar-refractivity contribution >= 4 is 16.7 Å². The van der Waals surface area contributed by atoms with Gasteiger partial charge in [-0.1, -0.05) is 13.8 Å². The van der Waals surface area contributed by atoms with Crippen LogP contribution in [0.2, 0.25) is 0 Å². The van der Waals surface area contributed by atoms with E-state index in [0.29, 0.717) is 41.9 Å². The molecule has 0 N–H and O–H groups in total. The highest BCUT2D eigenvalue weighted by atomic mass is 19.4. The van der Waals surface area contributed by atoms with Gasteiger partial charge in [0.25, 0.3) is 5.56 Å². The first kappa shape index (κ1) is 25.0. The first-order valence-corrected chi connectivity index (χ1v) is 12.3. The number of anilines is 1. The molecule has 0 aromatic carbocycles. The number of piperazine rings is 1. The number of nitrogens with zero attached hydrogens (tertiary/aromatic N) is 6. The van der Waals surface area contributed by atoms with Crippen molar-refractivity contribution in [2.45, 2.75) is 51.0 Å². The molecule has 1 saturated heterocycles. The number of aromatic nitrogens is 3. The summed E-state index contributed by atoms with van der Waals surface area (Å²) in [5.74, 6) is 0.230. The fraction of sp³-hybridized carbons (Fsp3) is 0.462. The summed E-state index contributed by atoms with van der Waals surface area (Å²) < 4.78 is 46.7. The van der Waals surface area contributed by atoms with Crippen LogP contribution in [0.15, 0.2) is 35.3 Å². The number of hydrogen-bond acceptors (Lipinski definition) is 7. The molecule has 0 bridgehead atoms. The summed E-state index contributed by atoms with van der Waals surface area (Å²) in [5, 5.41) is 9.43. The lowest BCUT2D eigenvalue weighted by molar-refractivity contribution is -0.137. The molecule has 0 saturated carbocycles. The molecule has 0 spiro atoms. The second kappa shape index (κ2) is 9.34. The quantitative estimate of drug-likeness (QED) is 0.522. The van der Waals surface area contributed by atoms with Gasteiger partial charge in [0.15, 0.2) is 0 Å². The molecule has 5 heterocycles. The zero-order valence-corrected chi connectivity index (χ0v) is 20.8. The van der Waals surface area contributed by atoms with Gasteiger partial charge < -0.3 is 14.2 Å². The van der Waals surface area contributed by atoms with Crippen LogP contribution in [-0.4, -0.2) is 51.2 Å². The SMILES string of the molecule is CC[C@@H]1CN2c3c(c(=O)n(C)c4ccc(C#N)nc34)OC[C@@H]2CN1[C@@H](CC)c1ccc(C(F)(F)F)cn1. The third kappa shape index (κ3) is 4.19. The number of fused-ring (bicyclic) bond motifs is 5. The summed E-state index contributed by atoms with van der Waals surface area (Å²) in [4.78, 5) is 26.3. The van der Waals surface area contributed by atoms with Crippen LogP contribution in [0.4, 0.5) is 18.9 Å². The summed E-state index contributed by atoms with van der Waals surface area (Å²) >= 11 is 0. The lowest BCUT2D eigenvalue weighted by Crippen LogP contribution is -2.62. The van der Waals surface area contributed by atoms with E-state index in [9.17, 15) is 23.2 Å². The van der Waals surface area contributed by atoms with Crippen LogP contribution in [-0.2, 0) is 13.2 Å². The van der Waals surface area contributed by atoms with E-state index in [1.807, 2.05) is 6.92 Å². The molecule has 2 aliphatic heterocycles. The maximum atomic E-state index is 13.1. The van der Waals surface area contributed by atoms with Crippen molar-refractivity contribution in [3.8, 4) is 11.8 Å². The molecule has 3 aromatic heterocycles. The van der Waals surface area contributed by atoms with Crippen LogP contribution in [0.5, 0.6) is 5.75 Å². The molecule has 194 valence electrons. The first-order valence-electron chi connectivity index (χ1n) is 12.3. The minimum Gasteiger partial charge on any atom is -0.484 e. The highest BCUT2D eigenvalue weighted by Crippen LogP contribution is 2.41. The zero-order chi connectivity index (χ0) is 26.5. The fourth-order valence-electron chi connectivity index (χ4n) is 5.52. The van der Waals surface area contributed by atoms with E-state index >= 15 is 0 Å². The molecule has 1 fully saturated rings. The summed E-state index contributed by atoms with van der Waals surface area (Å²) in [6.45, 7) is 5.51. The molecule has 2 aliphatic rings. The molecule has 3 aromatic rings. The van der Waals surface area contributed by atoms with E-state index in [1.165, 1.54) is 10.6 Å². The molecule has 3 atom stereocenters. The van der Waals surface area contributed by atoms with Crippen molar-refractivity contribution in [1.29, 1.82) is 5.26 Å². The molecule has 0 radical (unpaired) electrons. The second-order valence-corrected chi connectivity index (χ2v) is 9.49. The van der Waals surface area contributed by atoms with Crippen LogP contribution >= 0.6 is 0 Å². The Morgan fingerprint density at radius 3 is 2.62 bits per heavy atom. The Kier molecular flexibility index (Phi) is 6.31. The Morgan fingerprint density at radius 1 is 1.22 bits per heavy atom. The van der Waals surface area contributed by atoms with E-state index < -0.39 is 11.7 Å². The topological polar surface area (TPSA) is 87.3 Å². The van der Waals surface area contributed by atoms with Crippen molar-refractivity contribution in [3.05, 3.63) is 57.8 Å². The zero-order valence-electron chi connectivity index (χ0n) is 20.8. The van der Waals surface area contributed by atoms with Gasteiger partial charge in [-0.25, -0.2) is 4.98 Å². The summed E-state index contributed by atoms with van der Waals surface area (Å²) in [6, 6.07) is 7.71. The molecule has 5 rings (SSSR count). The molecule has 0 unspecified atom stereocenters. The van der Waals surface area contributed by atoms with E-state index in [0.717, 1.165) is 18.7 Å². The predicted octanol–water partition coefficient (Wildman–Crippen LogP) is 4.03. The van der Waals surface area contributed by atoms with Gasteiger partial charge in [-0.15, -0.1) is 0 Å². The van der Waals surface area contributed by atoms with Gasteiger partial charge in [0.2, 0.25) is 5.75 Å². The second-order valence-electron chi connectivity index (χ2n) is 9.49. The maximum absolute atomic E-state index is 13.1. The van der Waals surface area contributed by atoms with Crippen LogP contribution in [0.1, 0.15) is 49.7 Å². The average molecular weight is 513 g/mol. The lowest BCUT2D eigenvalue weighted by Gasteiger charge is -2.51. The van der Waals surface area contributed by atoms with Crippen molar-refractivity contribution in [3.63, 3.8) is 0 Å². The van der Waals surface area contributed by atoms with Crippen molar-refractivity contribution in [2.75, 3.05) is 24.6 Å². The van der Waals surface area contributed by atoms with E-state index in [2.05, 4.69) is 32.8 Å². The number of rotatable bonds is 4. The van der Waals surface area contributed by atoms with Gasteiger partial charge in [0, 0.05) is 32.4 Å². The number of alkyl halides is 3. The van der Waals surface area contributed by atoms with Crippen LogP contribution < -0.4 is 15.2 Å². The minimum absolute atomic E-state index is 0.0505. The Bertz CT molecular complexity index is 1430. The standard InChI is InChI=1S/C26H27F3N6O2/c1-4-17-12-35-18(13-34(17)20(5-2)19-8-6-15(11-31-19)26(27,28)29)14-37-24-23(35)22-21(33(3)25(24)36)9-7-16(10-30)32-22/h6-9,11,17-18,20H,4-5,12-14H2,1-3H3/t17-,18+,20+/m1/s1. The summed E-state index contributed by atoms with van der Waals surface area (Å²) in [5.41, 5.74) is 1.58. The molecule has 0 aliphatic carbocycles.